The molecule has 3 aromatic carbocycles. The molecule has 7 nitrogen and oxygen atoms in total. The summed E-state index contributed by atoms with van der Waals surface area (Å²) in [4.78, 5) is 18.6. The van der Waals surface area contributed by atoms with Crippen LogP contribution >= 0.6 is 15.9 Å². The van der Waals surface area contributed by atoms with Gasteiger partial charge < -0.3 is 14.2 Å². The largest absolute Gasteiger partial charge is 0.496 e. The summed E-state index contributed by atoms with van der Waals surface area (Å²) in [5.74, 6) is 2.65. The van der Waals surface area contributed by atoms with Crippen molar-refractivity contribution in [2.24, 2.45) is 5.10 Å². The molecule has 0 aliphatic rings. The summed E-state index contributed by atoms with van der Waals surface area (Å²) in [6.07, 6.45) is 1.60. The van der Waals surface area contributed by atoms with Crippen molar-refractivity contribution in [1.82, 2.24) is 9.66 Å². The van der Waals surface area contributed by atoms with Gasteiger partial charge in [-0.15, -0.1) is 0 Å². The monoisotopic (exact) mass is 577 g/mol. The molecular weight excluding hydrogens is 546 g/mol. The number of methoxy groups -OCH3 is 2. The SMILES string of the molecule is COc1cc(C)c(-c2nc3ccccc3c(=O)n2N=Cc2cc(Br)c(OC(C)C)c(OC)c2)cc1C(C)C. The van der Waals surface area contributed by atoms with E-state index in [1.54, 1.807) is 26.5 Å². The Kier molecular flexibility index (Phi) is 8.21. The van der Waals surface area contributed by atoms with E-state index in [-0.39, 0.29) is 17.6 Å². The zero-order chi connectivity index (χ0) is 27.6. The van der Waals surface area contributed by atoms with Crippen LogP contribution in [0.4, 0.5) is 0 Å². The number of aryl methyl sites for hydroxylation is 1. The van der Waals surface area contributed by atoms with Crippen molar-refractivity contribution in [3.8, 4) is 28.6 Å². The summed E-state index contributed by atoms with van der Waals surface area (Å²) in [7, 11) is 3.25. The van der Waals surface area contributed by atoms with Crippen LogP contribution in [-0.4, -0.2) is 36.2 Å². The van der Waals surface area contributed by atoms with E-state index in [1.165, 1.54) is 4.68 Å². The molecule has 0 aliphatic carbocycles. The van der Waals surface area contributed by atoms with E-state index in [1.807, 2.05) is 63.2 Å². The van der Waals surface area contributed by atoms with Gasteiger partial charge in [-0.3, -0.25) is 4.79 Å². The molecule has 0 unspecified atom stereocenters. The maximum Gasteiger partial charge on any atom is 0.282 e. The molecule has 198 valence electrons. The first kappa shape index (κ1) is 27.4. The topological polar surface area (TPSA) is 74.9 Å². The van der Waals surface area contributed by atoms with Crippen LogP contribution < -0.4 is 19.8 Å². The number of benzene rings is 3. The van der Waals surface area contributed by atoms with Gasteiger partial charge in [-0.1, -0.05) is 26.0 Å². The second-order valence-corrected chi connectivity index (χ2v) is 10.4. The lowest BCUT2D eigenvalue weighted by molar-refractivity contribution is 0.228. The number of para-hydroxylation sites is 1. The number of halogens is 1. The zero-order valence-electron chi connectivity index (χ0n) is 22.7. The molecule has 0 fully saturated rings. The molecule has 0 aliphatic heterocycles. The second-order valence-electron chi connectivity index (χ2n) is 9.58. The van der Waals surface area contributed by atoms with Crippen LogP contribution in [0.25, 0.3) is 22.3 Å². The average Bonchev–Trinajstić information content (AvgIpc) is 2.88. The highest BCUT2D eigenvalue weighted by atomic mass is 79.9. The van der Waals surface area contributed by atoms with E-state index >= 15 is 0 Å². The van der Waals surface area contributed by atoms with E-state index in [4.69, 9.17) is 19.2 Å². The van der Waals surface area contributed by atoms with Gasteiger partial charge in [-0.25, -0.2) is 4.98 Å². The van der Waals surface area contributed by atoms with Gasteiger partial charge >= 0.3 is 0 Å². The van der Waals surface area contributed by atoms with Gasteiger partial charge in [0.25, 0.3) is 5.56 Å². The van der Waals surface area contributed by atoms with Crippen molar-refractivity contribution in [1.29, 1.82) is 0 Å². The van der Waals surface area contributed by atoms with Crippen LogP contribution in [0.15, 0.2) is 62.9 Å². The van der Waals surface area contributed by atoms with Gasteiger partial charge in [0.15, 0.2) is 17.3 Å². The molecule has 1 aromatic heterocycles. The van der Waals surface area contributed by atoms with Crippen molar-refractivity contribution in [3.05, 3.63) is 80.0 Å². The Bertz CT molecular complexity index is 1570. The Labute approximate surface area is 231 Å². The van der Waals surface area contributed by atoms with Crippen LogP contribution in [0, 0.1) is 6.92 Å². The fourth-order valence-electron chi connectivity index (χ4n) is 4.26. The Balaban J connectivity index is 1.93. The van der Waals surface area contributed by atoms with Crippen molar-refractivity contribution < 1.29 is 14.2 Å². The zero-order valence-corrected chi connectivity index (χ0v) is 24.3. The number of hydrogen-bond acceptors (Lipinski definition) is 6. The van der Waals surface area contributed by atoms with E-state index in [9.17, 15) is 4.79 Å². The van der Waals surface area contributed by atoms with E-state index in [2.05, 4.69) is 34.9 Å². The number of rotatable bonds is 8. The molecule has 1 heterocycles. The first-order valence-electron chi connectivity index (χ1n) is 12.4. The fraction of sp³-hybridized carbons (Fsp3) is 0.300. The number of ether oxygens (including phenoxy) is 3. The molecule has 0 radical (unpaired) electrons. The number of hydrogen-bond donors (Lipinski definition) is 0. The predicted octanol–water partition coefficient (Wildman–Crippen LogP) is 6.94. The van der Waals surface area contributed by atoms with Crippen molar-refractivity contribution >= 4 is 33.0 Å². The number of aromatic nitrogens is 2. The lowest BCUT2D eigenvalue weighted by Crippen LogP contribution is -2.20. The Hall–Kier alpha value is -3.65. The first-order chi connectivity index (χ1) is 18.1. The Morgan fingerprint density at radius 3 is 2.37 bits per heavy atom. The summed E-state index contributed by atoms with van der Waals surface area (Å²) >= 11 is 3.58. The Morgan fingerprint density at radius 2 is 1.71 bits per heavy atom. The van der Waals surface area contributed by atoms with E-state index in [0.717, 1.165) is 32.5 Å². The molecular formula is C30H32BrN3O4. The van der Waals surface area contributed by atoms with Gasteiger partial charge in [0.05, 0.1) is 41.9 Å². The highest BCUT2D eigenvalue weighted by Crippen LogP contribution is 2.37. The van der Waals surface area contributed by atoms with Gasteiger partial charge in [0.2, 0.25) is 0 Å². The molecule has 0 saturated heterocycles. The maximum atomic E-state index is 13.7. The van der Waals surface area contributed by atoms with Gasteiger partial charge in [-0.05, 0) is 95.7 Å². The molecule has 4 rings (SSSR count). The first-order valence-corrected chi connectivity index (χ1v) is 13.2. The standard InChI is InChI=1S/C30H32BrN3O4/c1-17(2)22-15-23(19(5)12-26(22)36-6)29-33-25-11-9-8-10-21(25)30(35)34(29)32-16-20-13-24(31)28(38-18(3)4)27(14-20)37-7/h8-18H,1-7H3. The van der Waals surface area contributed by atoms with Crippen molar-refractivity contribution in [2.75, 3.05) is 14.2 Å². The molecule has 4 aromatic rings. The highest BCUT2D eigenvalue weighted by molar-refractivity contribution is 9.10. The quantitative estimate of drug-likeness (QED) is 0.212. The maximum absolute atomic E-state index is 13.7. The minimum Gasteiger partial charge on any atom is -0.496 e. The third kappa shape index (κ3) is 5.45. The van der Waals surface area contributed by atoms with Crippen molar-refractivity contribution in [3.63, 3.8) is 0 Å². The molecule has 38 heavy (non-hydrogen) atoms. The summed E-state index contributed by atoms with van der Waals surface area (Å²) in [6, 6.07) is 15.0. The average molecular weight is 579 g/mol. The summed E-state index contributed by atoms with van der Waals surface area (Å²) < 4.78 is 19.2. The molecule has 8 heteroatoms. The predicted molar refractivity (Wildman–Crippen MR) is 156 cm³/mol. The number of fused-ring (bicyclic) bond motifs is 1. The Morgan fingerprint density at radius 1 is 1.00 bits per heavy atom. The van der Waals surface area contributed by atoms with E-state index < -0.39 is 0 Å². The molecule has 0 bridgehead atoms. The van der Waals surface area contributed by atoms with Crippen LogP contribution in [-0.2, 0) is 0 Å². The molecule has 0 spiro atoms. The minimum atomic E-state index is -0.256. The summed E-state index contributed by atoms with van der Waals surface area (Å²) in [5, 5.41) is 5.13. The van der Waals surface area contributed by atoms with Crippen LogP contribution in [0.3, 0.4) is 0 Å². The molecule has 0 N–H and O–H groups in total. The van der Waals surface area contributed by atoms with E-state index in [0.29, 0.717) is 28.2 Å². The number of nitrogens with zero attached hydrogens (tertiary/aromatic N) is 3. The fourth-order valence-corrected chi connectivity index (χ4v) is 4.81. The molecule has 0 amide bonds. The van der Waals surface area contributed by atoms with Gasteiger partial charge in [0, 0.05) is 5.56 Å². The lowest BCUT2D eigenvalue weighted by atomic mass is 9.96. The summed E-state index contributed by atoms with van der Waals surface area (Å²) in [6.45, 7) is 10.1. The smallest absolute Gasteiger partial charge is 0.282 e. The molecule has 0 saturated carbocycles. The highest BCUT2D eigenvalue weighted by Gasteiger charge is 2.19. The van der Waals surface area contributed by atoms with Crippen LogP contribution in [0.1, 0.15) is 50.3 Å². The molecule has 0 atom stereocenters. The minimum absolute atomic E-state index is 0.0204. The normalized spacial score (nSPS) is 11.6. The van der Waals surface area contributed by atoms with Gasteiger partial charge in [-0.2, -0.15) is 9.78 Å². The third-order valence-corrected chi connectivity index (χ3v) is 6.71. The lowest BCUT2D eigenvalue weighted by Gasteiger charge is -2.17. The van der Waals surface area contributed by atoms with Crippen LogP contribution in [0.2, 0.25) is 0 Å². The third-order valence-electron chi connectivity index (χ3n) is 6.12. The van der Waals surface area contributed by atoms with Crippen LogP contribution in [0.5, 0.6) is 17.2 Å². The van der Waals surface area contributed by atoms with Gasteiger partial charge in [0.1, 0.15) is 5.75 Å². The van der Waals surface area contributed by atoms with Crippen molar-refractivity contribution in [2.45, 2.75) is 46.6 Å². The summed E-state index contributed by atoms with van der Waals surface area (Å²) in [5.41, 5.74) is 3.85. The second kappa shape index (κ2) is 11.4.